The minimum Gasteiger partial charge on any atom is -0.356 e. The topological polar surface area (TPSA) is 61.4 Å². The first kappa shape index (κ1) is 15.6. The van der Waals surface area contributed by atoms with Gasteiger partial charge < -0.3 is 15.5 Å². The Morgan fingerprint density at radius 3 is 2.90 bits per heavy atom. The number of nitrogens with zero attached hydrogens (tertiary/aromatic N) is 1. The van der Waals surface area contributed by atoms with Crippen molar-refractivity contribution in [2.24, 2.45) is 5.92 Å². The van der Waals surface area contributed by atoms with Crippen LogP contribution in [0.25, 0.3) is 0 Å². The summed E-state index contributed by atoms with van der Waals surface area (Å²) in [5.74, 6) is -0.739. The van der Waals surface area contributed by atoms with Crippen LogP contribution >= 0.6 is 11.6 Å². The molecule has 5 nitrogen and oxygen atoms in total. The van der Waals surface area contributed by atoms with E-state index in [9.17, 15) is 14.0 Å². The third-order valence-corrected chi connectivity index (χ3v) is 3.66. The lowest BCUT2D eigenvalue weighted by Gasteiger charge is -2.17. The van der Waals surface area contributed by atoms with E-state index < -0.39 is 5.82 Å². The normalized spacial score (nSPS) is 17.7. The number of anilines is 1. The van der Waals surface area contributed by atoms with Gasteiger partial charge in [0.1, 0.15) is 5.82 Å². The fourth-order valence-corrected chi connectivity index (χ4v) is 2.43. The lowest BCUT2D eigenvalue weighted by Crippen LogP contribution is -2.36. The van der Waals surface area contributed by atoms with Gasteiger partial charge in [0.15, 0.2) is 0 Å². The smallest absolute Gasteiger partial charge is 0.321 e. The monoisotopic (exact) mass is 313 g/mol. The molecule has 1 aliphatic heterocycles. The molecule has 1 aromatic rings. The molecule has 21 heavy (non-hydrogen) atoms. The summed E-state index contributed by atoms with van der Waals surface area (Å²) in [5, 5.41) is 5.35. The van der Waals surface area contributed by atoms with E-state index in [1.54, 1.807) is 4.90 Å². The van der Waals surface area contributed by atoms with Crippen molar-refractivity contribution in [3.63, 3.8) is 0 Å². The second kappa shape index (κ2) is 6.76. The Hall–Kier alpha value is -1.82. The van der Waals surface area contributed by atoms with Crippen LogP contribution in [0.2, 0.25) is 5.02 Å². The molecule has 0 saturated carbocycles. The molecule has 1 aliphatic rings. The predicted octanol–water partition coefficient (Wildman–Crippen LogP) is 2.47. The van der Waals surface area contributed by atoms with Crippen LogP contribution in [0, 0.1) is 11.7 Å². The van der Waals surface area contributed by atoms with Gasteiger partial charge in [0.05, 0.1) is 10.9 Å². The molecule has 0 bridgehead atoms. The van der Waals surface area contributed by atoms with E-state index in [0.29, 0.717) is 31.7 Å². The van der Waals surface area contributed by atoms with E-state index >= 15 is 0 Å². The minimum atomic E-state index is -0.535. The molecule has 2 N–H and O–H groups in total. The number of carbonyl (C=O) groups is 2. The molecule has 3 amide bonds. The largest absolute Gasteiger partial charge is 0.356 e. The highest BCUT2D eigenvalue weighted by molar-refractivity contribution is 6.31. The maximum Gasteiger partial charge on any atom is 0.321 e. The molecule has 1 saturated heterocycles. The quantitative estimate of drug-likeness (QED) is 0.900. The van der Waals surface area contributed by atoms with Gasteiger partial charge in [-0.3, -0.25) is 4.79 Å². The minimum absolute atomic E-state index is 0.0300. The molecule has 1 fully saturated rings. The lowest BCUT2D eigenvalue weighted by molar-refractivity contribution is -0.124. The van der Waals surface area contributed by atoms with E-state index in [2.05, 4.69) is 10.6 Å². The molecule has 0 aromatic heterocycles. The highest BCUT2D eigenvalue weighted by atomic mass is 35.5. The van der Waals surface area contributed by atoms with E-state index in [-0.39, 0.29) is 22.9 Å². The number of halogens is 2. The van der Waals surface area contributed by atoms with Crippen LogP contribution in [0.5, 0.6) is 0 Å². The van der Waals surface area contributed by atoms with Crippen molar-refractivity contribution >= 4 is 29.2 Å². The first-order valence-corrected chi connectivity index (χ1v) is 7.17. The average Bonchev–Trinajstić information content (AvgIpc) is 2.93. The number of hydrogen-bond acceptors (Lipinski definition) is 2. The van der Waals surface area contributed by atoms with E-state index in [1.165, 1.54) is 18.2 Å². The van der Waals surface area contributed by atoms with Gasteiger partial charge in [-0.1, -0.05) is 11.6 Å². The summed E-state index contributed by atoms with van der Waals surface area (Å²) in [6, 6.07) is 3.67. The second-order valence-electron chi connectivity index (χ2n) is 4.89. The van der Waals surface area contributed by atoms with Crippen molar-refractivity contribution in [3.05, 3.63) is 29.0 Å². The number of hydrogen-bond donors (Lipinski definition) is 2. The molecule has 114 valence electrons. The molecule has 1 atom stereocenters. The second-order valence-corrected chi connectivity index (χ2v) is 5.29. The maximum absolute atomic E-state index is 13.1. The van der Waals surface area contributed by atoms with Gasteiger partial charge in [0, 0.05) is 25.3 Å². The van der Waals surface area contributed by atoms with Gasteiger partial charge in [-0.15, -0.1) is 0 Å². The Bertz CT molecular complexity index is 553. The van der Waals surface area contributed by atoms with Crippen molar-refractivity contribution in [2.45, 2.75) is 13.3 Å². The molecular weight excluding hydrogens is 297 g/mol. The standard InChI is InChI=1S/C14H17ClFN3O2/c1-2-17-13(20)9-5-6-19(8-9)14(21)18-10-3-4-12(16)11(15)7-10/h3-4,7,9H,2,5-6,8H2,1H3,(H,17,20)(H,18,21). The van der Waals surface area contributed by atoms with Gasteiger partial charge in [-0.25, -0.2) is 9.18 Å². The molecule has 1 heterocycles. The van der Waals surface area contributed by atoms with E-state index in [1.807, 2.05) is 6.92 Å². The Kier molecular flexibility index (Phi) is 5.01. The Balaban J connectivity index is 1.92. The average molecular weight is 314 g/mol. The molecule has 1 unspecified atom stereocenters. The molecular formula is C14H17ClFN3O2. The number of amides is 3. The third kappa shape index (κ3) is 3.85. The summed E-state index contributed by atoms with van der Waals surface area (Å²) >= 11 is 5.66. The van der Waals surface area contributed by atoms with Crippen LogP contribution in [0.1, 0.15) is 13.3 Å². The molecule has 2 rings (SSSR count). The third-order valence-electron chi connectivity index (χ3n) is 3.37. The van der Waals surface area contributed by atoms with Crippen molar-refractivity contribution in [1.82, 2.24) is 10.2 Å². The fraction of sp³-hybridized carbons (Fsp3) is 0.429. The molecule has 7 heteroatoms. The Morgan fingerprint density at radius 1 is 1.48 bits per heavy atom. The van der Waals surface area contributed by atoms with Crippen molar-refractivity contribution < 1.29 is 14.0 Å². The van der Waals surface area contributed by atoms with Crippen molar-refractivity contribution in [3.8, 4) is 0 Å². The van der Waals surface area contributed by atoms with Crippen LogP contribution in [-0.2, 0) is 4.79 Å². The maximum atomic E-state index is 13.1. The molecule has 0 spiro atoms. The number of benzene rings is 1. The summed E-state index contributed by atoms with van der Waals surface area (Å²) in [6.07, 6.45) is 0.642. The zero-order chi connectivity index (χ0) is 15.4. The number of rotatable bonds is 3. The van der Waals surface area contributed by atoms with Crippen LogP contribution < -0.4 is 10.6 Å². The SMILES string of the molecule is CCNC(=O)C1CCN(C(=O)Nc2ccc(F)c(Cl)c2)C1. The summed E-state index contributed by atoms with van der Waals surface area (Å²) in [5.41, 5.74) is 0.424. The molecule has 1 aromatic carbocycles. The lowest BCUT2D eigenvalue weighted by atomic mass is 10.1. The van der Waals surface area contributed by atoms with Crippen LogP contribution in [-0.4, -0.2) is 36.5 Å². The predicted molar refractivity (Wildman–Crippen MR) is 78.8 cm³/mol. The van der Waals surface area contributed by atoms with Crippen LogP contribution in [0.3, 0.4) is 0 Å². The molecule has 0 aliphatic carbocycles. The van der Waals surface area contributed by atoms with E-state index in [4.69, 9.17) is 11.6 Å². The summed E-state index contributed by atoms with van der Waals surface area (Å²) in [6.45, 7) is 3.33. The Morgan fingerprint density at radius 2 is 2.24 bits per heavy atom. The summed E-state index contributed by atoms with van der Waals surface area (Å²) in [7, 11) is 0. The number of carbonyl (C=O) groups excluding carboxylic acids is 2. The van der Waals surface area contributed by atoms with Gasteiger partial charge in [0.2, 0.25) is 5.91 Å². The highest BCUT2D eigenvalue weighted by Gasteiger charge is 2.30. The zero-order valence-corrected chi connectivity index (χ0v) is 12.4. The Labute approximate surface area is 127 Å². The molecule has 0 radical (unpaired) electrons. The van der Waals surface area contributed by atoms with Gasteiger partial charge in [-0.2, -0.15) is 0 Å². The van der Waals surface area contributed by atoms with Crippen LogP contribution in [0.15, 0.2) is 18.2 Å². The summed E-state index contributed by atoms with van der Waals surface area (Å²) < 4.78 is 13.1. The zero-order valence-electron chi connectivity index (χ0n) is 11.7. The number of urea groups is 1. The van der Waals surface area contributed by atoms with E-state index in [0.717, 1.165) is 0 Å². The first-order chi connectivity index (χ1) is 10.0. The highest BCUT2D eigenvalue weighted by Crippen LogP contribution is 2.21. The van der Waals surface area contributed by atoms with Crippen LogP contribution in [0.4, 0.5) is 14.9 Å². The van der Waals surface area contributed by atoms with Gasteiger partial charge in [0.25, 0.3) is 0 Å². The fourth-order valence-electron chi connectivity index (χ4n) is 2.25. The van der Waals surface area contributed by atoms with Gasteiger partial charge in [-0.05, 0) is 31.5 Å². The summed E-state index contributed by atoms with van der Waals surface area (Å²) in [4.78, 5) is 25.4. The van der Waals surface area contributed by atoms with Crippen molar-refractivity contribution in [2.75, 3.05) is 25.0 Å². The number of nitrogens with one attached hydrogen (secondary N) is 2. The van der Waals surface area contributed by atoms with Crippen molar-refractivity contribution in [1.29, 1.82) is 0 Å². The first-order valence-electron chi connectivity index (χ1n) is 6.80. The van der Waals surface area contributed by atoms with Gasteiger partial charge >= 0.3 is 6.03 Å². The number of likely N-dealkylation sites (tertiary alicyclic amines) is 1.